The molecule has 1 aliphatic carbocycles. The van der Waals surface area contributed by atoms with Crippen LogP contribution in [0.3, 0.4) is 0 Å². The molecule has 3 fully saturated rings. The lowest BCUT2D eigenvalue weighted by Crippen LogP contribution is -2.43. The molecule has 1 aromatic carbocycles. The van der Waals surface area contributed by atoms with Crippen molar-refractivity contribution in [1.29, 1.82) is 0 Å². The molecule has 0 aromatic heterocycles. The Morgan fingerprint density at radius 2 is 1.87 bits per heavy atom. The van der Waals surface area contributed by atoms with Crippen LogP contribution < -0.4 is 10.1 Å². The number of likely N-dealkylation sites (N-methyl/N-ethyl adjacent to an activating group) is 1. The Bertz CT molecular complexity index is 714. The van der Waals surface area contributed by atoms with Crippen LogP contribution in [0.25, 0.3) is 0 Å². The van der Waals surface area contributed by atoms with Crippen LogP contribution in [0.2, 0.25) is 5.02 Å². The number of likely N-dealkylation sites (tertiary alicyclic amines) is 2. The molecule has 0 spiro atoms. The zero-order chi connectivity index (χ0) is 20.9. The average molecular weight is 434 g/mol. The van der Waals surface area contributed by atoms with Crippen LogP contribution in [0.4, 0.5) is 0 Å². The molecule has 2 aliphatic heterocycles. The van der Waals surface area contributed by atoms with Crippen LogP contribution in [-0.2, 0) is 0 Å². The van der Waals surface area contributed by atoms with Gasteiger partial charge in [-0.1, -0.05) is 31.4 Å². The summed E-state index contributed by atoms with van der Waals surface area (Å²) >= 11 is 6.22. The number of ether oxygens (including phenoxy) is 1. The van der Waals surface area contributed by atoms with Crippen LogP contribution in [0.15, 0.2) is 18.2 Å². The molecule has 3 aliphatic rings. The van der Waals surface area contributed by atoms with Crippen molar-refractivity contribution in [2.75, 3.05) is 32.7 Å². The minimum Gasteiger partial charge on any atom is -0.489 e. The van der Waals surface area contributed by atoms with E-state index in [0.29, 0.717) is 28.9 Å². The number of rotatable bonds is 7. The van der Waals surface area contributed by atoms with Gasteiger partial charge in [0.1, 0.15) is 11.9 Å². The van der Waals surface area contributed by atoms with E-state index in [9.17, 15) is 4.79 Å². The van der Waals surface area contributed by atoms with Crippen molar-refractivity contribution in [2.45, 2.75) is 76.5 Å². The predicted octanol–water partition coefficient (Wildman–Crippen LogP) is 4.34. The Hall–Kier alpha value is -1.30. The number of halogens is 1. The number of carbonyl (C=O) groups is 1. The maximum atomic E-state index is 13.0. The van der Waals surface area contributed by atoms with Crippen LogP contribution in [-0.4, -0.2) is 66.6 Å². The summed E-state index contributed by atoms with van der Waals surface area (Å²) < 4.78 is 6.33. The summed E-state index contributed by atoms with van der Waals surface area (Å²) in [5.74, 6) is 0.578. The second-order valence-corrected chi connectivity index (χ2v) is 9.50. The molecule has 0 unspecified atom stereocenters. The summed E-state index contributed by atoms with van der Waals surface area (Å²) in [6, 6.07) is 6.63. The van der Waals surface area contributed by atoms with Gasteiger partial charge in [0, 0.05) is 36.7 Å². The minimum absolute atomic E-state index is 0.0844. The van der Waals surface area contributed by atoms with E-state index in [0.717, 1.165) is 51.5 Å². The third-order valence-corrected chi connectivity index (χ3v) is 7.44. The fourth-order valence-corrected chi connectivity index (χ4v) is 5.61. The quantitative estimate of drug-likeness (QED) is 0.694. The van der Waals surface area contributed by atoms with E-state index in [1.807, 2.05) is 12.1 Å². The normalized spacial score (nSPS) is 24.4. The zero-order valence-electron chi connectivity index (χ0n) is 18.2. The average Bonchev–Trinajstić information content (AvgIpc) is 3.45. The van der Waals surface area contributed by atoms with Gasteiger partial charge in [-0.2, -0.15) is 0 Å². The van der Waals surface area contributed by atoms with Crippen molar-refractivity contribution in [3.8, 4) is 5.75 Å². The molecule has 30 heavy (non-hydrogen) atoms. The first-order valence-electron chi connectivity index (χ1n) is 11.9. The molecule has 2 heterocycles. The topological polar surface area (TPSA) is 44.8 Å². The van der Waals surface area contributed by atoms with Crippen molar-refractivity contribution in [2.24, 2.45) is 0 Å². The summed E-state index contributed by atoms with van der Waals surface area (Å²) in [4.78, 5) is 18.0. The highest BCUT2D eigenvalue weighted by atomic mass is 35.5. The number of amides is 1. The highest BCUT2D eigenvalue weighted by molar-refractivity contribution is 6.31. The molecule has 0 bridgehead atoms. The largest absolute Gasteiger partial charge is 0.489 e. The van der Waals surface area contributed by atoms with Gasteiger partial charge in [-0.3, -0.25) is 9.69 Å². The second-order valence-electron chi connectivity index (χ2n) is 9.07. The van der Waals surface area contributed by atoms with E-state index >= 15 is 0 Å². The molecule has 1 aromatic rings. The summed E-state index contributed by atoms with van der Waals surface area (Å²) in [6.45, 7) is 7.21. The number of benzene rings is 1. The molecule has 1 N–H and O–H groups in total. The molecule has 1 amide bonds. The van der Waals surface area contributed by atoms with E-state index in [1.165, 1.54) is 32.1 Å². The maximum absolute atomic E-state index is 13.0. The predicted molar refractivity (Wildman–Crippen MR) is 122 cm³/mol. The van der Waals surface area contributed by atoms with Crippen molar-refractivity contribution in [3.63, 3.8) is 0 Å². The molecule has 4 rings (SSSR count). The van der Waals surface area contributed by atoms with Crippen molar-refractivity contribution < 1.29 is 9.53 Å². The van der Waals surface area contributed by atoms with E-state index < -0.39 is 0 Å². The Kier molecular flexibility index (Phi) is 7.55. The zero-order valence-corrected chi connectivity index (χ0v) is 19.0. The van der Waals surface area contributed by atoms with Gasteiger partial charge in [0.2, 0.25) is 0 Å². The fourth-order valence-electron chi connectivity index (χ4n) is 5.44. The van der Waals surface area contributed by atoms with Gasteiger partial charge in [-0.25, -0.2) is 0 Å². The Morgan fingerprint density at radius 1 is 1.10 bits per heavy atom. The molecule has 5 nitrogen and oxygen atoms in total. The van der Waals surface area contributed by atoms with Gasteiger partial charge in [0.25, 0.3) is 5.91 Å². The monoisotopic (exact) mass is 433 g/mol. The van der Waals surface area contributed by atoms with Gasteiger partial charge in [0.05, 0.1) is 5.56 Å². The molecule has 1 saturated carbocycles. The molecule has 0 radical (unpaired) electrons. The number of carbonyl (C=O) groups excluding carboxylic acids is 1. The first kappa shape index (κ1) is 21.9. The number of nitrogens with one attached hydrogen (secondary N) is 1. The highest BCUT2D eigenvalue weighted by Crippen LogP contribution is 2.29. The standard InChI is InChI=1S/C24H36ClN3O2/c1-2-27-13-5-8-20(27)17-26-24(29)22-16-18(25)9-10-23(22)30-21-11-14-28(15-12-21)19-6-3-4-7-19/h9-10,16,19-21H,2-8,11-15,17H2,1H3,(H,26,29)/t20-/m0/s1. The number of hydrogen-bond acceptors (Lipinski definition) is 4. The number of nitrogens with zero attached hydrogens (tertiary/aromatic N) is 2. The number of piperidine rings is 1. The van der Waals surface area contributed by atoms with Crippen molar-refractivity contribution in [3.05, 3.63) is 28.8 Å². The van der Waals surface area contributed by atoms with E-state index in [1.54, 1.807) is 6.07 Å². The molecule has 1 atom stereocenters. The van der Waals surface area contributed by atoms with Gasteiger partial charge >= 0.3 is 0 Å². The van der Waals surface area contributed by atoms with Crippen LogP contribution in [0.5, 0.6) is 5.75 Å². The third kappa shape index (κ3) is 5.30. The van der Waals surface area contributed by atoms with Gasteiger partial charge < -0.3 is 15.0 Å². The third-order valence-electron chi connectivity index (χ3n) is 7.20. The van der Waals surface area contributed by atoms with Crippen molar-refractivity contribution in [1.82, 2.24) is 15.1 Å². The molecule has 6 heteroatoms. The SMILES string of the molecule is CCN1CCC[C@H]1CNC(=O)c1cc(Cl)ccc1OC1CCN(C2CCCC2)CC1. The lowest BCUT2D eigenvalue weighted by atomic mass is 10.0. The summed E-state index contributed by atoms with van der Waals surface area (Å²) in [5, 5.41) is 3.70. The van der Waals surface area contributed by atoms with E-state index in [2.05, 4.69) is 22.0 Å². The van der Waals surface area contributed by atoms with E-state index in [-0.39, 0.29) is 12.0 Å². The Labute approximate surface area is 186 Å². The summed E-state index contributed by atoms with van der Waals surface area (Å²) in [7, 11) is 0. The maximum Gasteiger partial charge on any atom is 0.255 e. The van der Waals surface area contributed by atoms with Crippen LogP contribution >= 0.6 is 11.6 Å². The molecular formula is C24H36ClN3O2. The van der Waals surface area contributed by atoms with Crippen LogP contribution in [0, 0.1) is 0 Å². The summed E-state index contributed by atoms with van der Waals surface area (Å²) in [5.41, 5.74) is 0.557. The van der Waals surface area contributed by atoms with Gasteiger partial charge in [-0.05, 0) is 69.8 Å². The fraction of sp³-hybridized carbons (Fsp3) is 0.708. The van der Waals surface area contributed by atoms with Gasteiger partial charge in [-0.15, -0.1) is 0 Å². The second kappa shape index (κ2) is 10.3. The van der Waals surface area contributed by atoms with Crippen molar-refractivity contribution >= 4 is 17.5 Å². The first-order chi connectivity index (χ1) is 14.6. The Morgan fingerprint density at radius 3 is 2.60 bits per heavy atom. The number of hydrogen-bond donors (Lipinski definition) is 1. The lowest BCUT2D eigenvalue weighted by Gasteiger charge is -2.36. The Balaban J connectivity index is 1.34. The highest BCUT2D eigenvalue weighted by Gasteiger charge is 2.29. The molecule has 166 valence electrons. The first-order valence-corrected chi connectivity index (χ1v) is 12.2. The summed E-state index contributed by atoms with van der Waals surface area (Å²) in [6.07, 6.45) is 10.0. The van der Waals surface area contributed by atoms with E-state index in [4.69, 9.17) is 16.3 Å². The minimum atomic E-state index is -0.0844. The smallest absolute Gasteiger partial charge is 0.255 e. The lowest BCUT2D eigenvalue weighted by molar-refractivity contribution is 0.0749. The molecular weight excluding hydrogens is 398 g/mol. The molecule has 2 saturated heterocycles. The van der Waals surface area contributed by atoms with Crippen LogP contribution in [0.1, 0.15) is 68.6 Å². The van der Waals surface area contributed by atoms with Gasteiger partial charge in [0.15, 0.2) is 0 Å².